The monoisotopic (exact) mass is 426 g/mol. The van der Waals surface area contributed by atoms with Gasteiger partial charge in [-0.05, 0) is 43.5 Å². The largest absolute Gasteiger partial charge is 0.394 e. The number of aryl methyl sites for hydroxylation is 1. The summed E-state index contributed by atoms with van der Waals surface area (Å²) in [4.78, 5) is 20.2. The minimum atomic E-state index is -0.495. The van der Waals surface area contributed by atoms with E-state index >= 15 is 0 Å². The Balaban J connectivity index is 1.29. The molecule has 0 saturated carbocycles. The van der Waals surface area contributed by atoms with Crippen molar-refractivity contribution in [1.82, 2.24) is 30.3 Å². The molecule has 9 nitrogen and oxygen atoms in total. The van der Waals surface area contributed by atoms with Crippen LogP contribution >= 0.6 is 0 Å². The molecule has 4 rings (SSSR count). The lowest BCUT2D eigenvalue weighted by Gasteiger charge is -2.36. The van der Waals surface area contributed by atoms with Gasteiger partial charge in [-0.1, -0.05) is 5.21 Å². The third-order valence-electron chi connectivity index (χ3n) is 5.27. The Morgan fingerprint density at radius 3 is 2.84 bits per heavy atom. The van der Waals surface area contributed by atoms with Crippen molar-refractivity contribution in [2.24, 2.45) is 0 Å². The van der Waals surface area contributed by atoms with Crippen molar-refractivity contribution < 1.29 is 19.0 Å². The number of aliphatic hydroxyl groups excluding tert-OH is 1. The van der Waals surface area contributed by atoms with Crippen molar-refractivity contribution in [2.75, 3.05) is 6.61 Å². The van der Waals surface area contributed by atoms with Gasteiger partial charge in [0.1, 0.15) is 23.3 Å². The molecular formula is C21H23FN6O3. The highest BCUT2D eigenvalue weighted by Gasteiger charge is 2.32. The first-order chi connectivity index (χ1) is 15.1. The molecule has 1 aliphatic rings. The van der Waals surface area contributed by atoms with Gasteiger partial charge >= 0.3 is 0 Å². The fourth-order valence-corrected chi connectivity index (χ4v) is 3.60. The Bertz CT molecular complexity index is 998. The van der Waals surface area contributed by atoms with Crippen LogP contribution in [0.5, 0.6) is 0 Å². The number of ether oxygens (including phenoxy) is 1. The molecule has 0 bridgehead atoms. The first kappa shape index (κ1) is 21.0. The molecule has 2 aromatic heterocycles. The first-order valence-electron chi connectivity index (χ1n) is 10.1. The van der Waals surface area contributed by atoms with Gasteiger partial charge in [-0.3, -0.25) is 14.5 Å². The second-order valence-electron chi connectivity index (χ2n) is 7.39. The van der Waals surface area contributed by atoms with E-state index in [-0.39, 0.29) is 36.2 Å². The molecule has 1 amide bonds. The summed E-state index contributed by atoms with van der Waals surface area (Å²) in [6.45, 7) is 0.396. The van der Waals surface area contributed by atoms with E-state index in [0.29, 0.717) is 25.1 Å². The number of halogens is 1. The van der Waals surface area contributed by atoms with Gasteiger partial charge in [-0.15, -0.1) is 5.10 Å². The lowest BCUT2D eigenvalue weighted by atomic mass is 9.97. The average molecular weight is 426 g/mol. The molecule has 0 unspecified atom stereocenters. The van der Waals surface area contributed by atoms with Crippen molar-refractivity contribution in [2.45, 2.75) is 44.1 Å². The van der Waals surface area contributed by atoms with Crippen LogP contribution in [0.1, 0.15) is 29.8 Å². The predicted octanol–water partition coefficient (Wildman–Crippen LogP) is 1.60. The van der Waals surface area contributed by atoms with E-state index in [1.54, 1.807) is 16.8 Å². The van der Waals surface area contributed by atoms with Crippen LogP contribution in [0.3, 0.4) is 0 Å². The van der Waals surface area contributed by atoms with Crippen LogP contribution in [-0.4, -0.2) is 60.8 Å². The number of hydrogen-bond donors (Lipinski definition) is 2. The molecule has 1 aliphatic heterocycles. The van der Waals surface area contributed by atoms with Crippen LogP contribution in [-0.2, 0) is 11.3 Å². The van der Waals surface area contributed by atoms with Crippen molar-refractivity contribution >= 4 is 5.91 Å². The van der Waals surface area contributed by atoms with Crippen molar-refractivity contribution in [3.8, 4) is 11.3 Å². The zero-order valence-electron chi connectivity index (χ0n) is 16.8. The molecule has 1 saturated heterocycles. The Hall–Kier alpha value is -3.24. The number of carbonyl (C=O) groups excluding carboxylic acids is 1. The number of aliphatic hydroxyl groups is 1. The van der Waals surface area contributed by atoms with Crippen molar-refractivity contribution in [1.29, 1.82) is 0 Å². The summed E-state index contributed by atoms with van der Waals surface area (Å²) in [6.07, 6.45) is 7.70. The van der Waals surface area contributed by atoms with Gasteiger partial charge in [0, 0.05) is 24.5 Å². The Morgan fingerprint density at radius 2 is 2.10 bits per heavy atom. The maximum Gasteiger partial charge on any atom is 0.271 e. The second-order valence-corrected chi connectivity index (χ2v) is 7.39. The van der Waals surface area contributed by atoms with Gasteiger partial charge in [0.05, 0.1) is 31.1 Å². The van der Waals surface area contributed by atoms with E-state index in [0.717, 1.165) is 12.0 Å². The summed E-state index contributed by atoms with van der Waals surface area (Å²) >= 11 is 0. The van der Waals surface area contributed by atoms with Gasteiger partial charge < -0.3 is 15.2 Å². The summed E-state index contributed by atoms with van der Waals surface area (Å²) in [5.74, 6) is -0.634. The molecular weight excluding hydrogens is 403 g/mol. The highest BCUT2D eigenvalue weighted by atomic mass is 19.1. The Labute approximate surface area is 178 Å². The summed E-state index contributed by atoms with van der Waals surface area (Å²) in [5, 5.41) is 20.9. The smallest absolute Gasteiger partial charge is 0.271 e. The maximum absolute atomic E-state index is 13.1. The van der Waals surface area contributed by atoms with E-state index < -0.39 is 6.10 Å². The molecule has 3 heterocycles. The number of carbonyl (C=O) groups is 1. The molecule has 10 heteroatoms. The van der Waals surface area contributed by atoms with E-state index in [4.69, 9.17) is 4.74 Å². The fraction of sp³-hybridized carbons (Fsp3) is 0.381. The number of aromatic nitrogens is 5. The molecule has 31 heavy (non-hydrogen) atoms. The Kier molecular flexibility index (Phi) is 6.58. The highest BCUT2D eigenvalue weighted by molar-refractivity contribution is 5.92. The van der Waals surface area contributed by atoms with Gasteiger partial charge in [0.15, 0.2) is 0 Å². The zero-order valence-corrected chi connectivity index (χ0v) is 16.8. The lowest BCUT2D eigenvalue weighted by molar-refractivity contribution is -0.0912. The number of benzene rings is 1. The number of rotatable bonds is 7. The van der Waals surface area contributed by atoms with Crippen LogP contribution in [0, 0.1) is 5.82 Å². The third kappa shape index (κ3) is 5.28. The molecule has 1 aromatic carbocycles. The van der Waals surface area contributed by atoms with Gasteiger partial charge in [0.2, 0.25) is 0 Å². The molecule has 0 radical (unpaired) electrons. The number of hydrogen-bond acceptors (Lipinski definition) is 7. The standard InChI is InChI=1S/C21H23FN6O3/c22-15-3-1-14(2-4-15)19-12-28(27-26-19)10-7-16-5-6-17(20(13-29)31-16)25-21(30)18-11-23-8-9-24-18/h1-4,8-9,11-12,16-17,20,29H,5-7,10,13H2,(H,25,30)/t16-,17+,20+/m1/s1. The summed E-state index contributed by atoms with van der Waals surface area (Å²) < 4.78 is 20.8. The molecule has 162 valence electrons. The van der Waals surface area contributed by atoms with E-state index in [1.807, 2.05) is 6.20 Å². The van der Waals surface area contributed by atoms with Crippen LogP contribution in [0.4, 0.5) is 4.39 Å². The molecule has 3 aromatic rings. The average Bonchev–Trinajstić information content (AvgIpc) is 3.28. The molecule has 3 atom stereocenters. The molecule has 0 aliphatic carbocycles. The fourth-order valence-electron chi connectivity index (χ4n) is 3.60. The summed E-state index contributed by atoms with van der Waals surface area (Å²) in [7, 11) is 0. The predicted molar refractivity (Wildman–Crippen MR) is 108 cm³/mol. The van der Waals surface area contributed by atoms with E-state index in [1.165, 1.54) is 30.7 Å². The third-order valence-corrected chi connectivity index (χ3v) is 5.27. The second kappa shape index (κ2) is 9.71. The normalized spacial score (nSPS) is 21.0. The van der Waals surface area contributed by atoms with Crippen LogP contribution in [0.25, 0.3) is 11.3 Å². The van der Waals surface area contributed by atoms with Gasteiger partial charge in [0.25, 0.3) is 5.91 Å². The van der Waals surface area contributed by atoms with Crippen molar-refractivity contribution in [3.05, 3.63) is 60.6 Å². The minimum Gasteiger partial charge on any atom is -0.394 e. The first-order valence-corrected chi connectivity index (χ1v) is 10.1. The van der Waals surface area contributed by atoms with E-state index in [9.17, 15) is 14.3 Å². The van der Waals surface area contributed by atoms with Gasteiger partial charge in [-0.25, -0.2) is 9.37 Å². The maximum atomic E-state index is 13.1. The van der Waals surface area contributed by atoms with Crippen LogP contribution in [0.15, 0.2) is 49.1 Å². The Morgan fingerprint density at radius 1 is 1.26 bits per heavy atom. The van der Waals surface area contributed by atoms with E-state index in [2.05, 4.69) is 25.6 Å². The van der Waals surface area contributed by atoms with Crippen LogP contribution in [0.2, 0.25) is 0 Å². The number of nitrogens with zero attached hydrogens (tertiary/aromatic N) is 5. The van der Waals surface area contributed by atoms with Gasteiger partial charge in [-0.2, -0.15) is 0 Å². The number of nitrogens with one attached hydrogen (secondary N) is 1. The lowest BCUT2D eigenvalue weighted by Crippen LogP contribution is -2.51. The SMILES string of the molecule is O=C(N[C@H]1CC[C@H](CCn2cc(-c3ccc(F)cc3)nn2)O[C@H]1CO)c1cnccn1. The summed E-state index contributed by atoms with van der Waals surface area (Å²) in [6, 6.07) is 5.80. The zero-order chi connectivity index (χ0) is 21.6. The topological polar surface area (TPSA) is 115 Å². The van der Waals surface area contributed by atoms with Crippen molar-refractivity contribution in [3.63, 3.8) is 0 Å². The molecule has 0 spiro atoms. The summed E-state index contributed by atoms with van der Waals surface area (Å²) in [5.41, 5.74) is 1.69. The van der Waals surface area contributed by atoms with Crippen LogP contribution < -0.4 is 5.32 Å². The highest BCUT2D eigenvalue weighted by Crippen LogP contribution is 2.23. The minimum absolute atomic E-state index is 0.0692. The quantitative estimate of drug-likeness (QED) is 0.590. The molecule has 2 N–H and O–H groups in total. The number of amides is 1. The molecule has 1 fully saturated rings.